The summed E-state index contributed by atoms with van der Waals surface area (Å²) >= 11 is 1.16. The zero-order valence-electron chi connectivity index (χ0n) is 24.9. The molecule has 1 atom stereocenters. The van der Waals surface area contributed by atoms with Crippen LogP contribution in [0.5, 0.6) is 5.75 Å². The fourth-order valence-corrected chi connectivity index (χ4v) is 5.99. The number of allylic oxidation sites excluding steroid dienone is 1. The second kappa shape index (κ2) is 12.8. The van der Waals surface area contributed by atoms with Crippen molar-refractivity contribution in [1.29, 1.82) is 0 Å². The number of rotatable bonds is 10. The van der Waals surface area contributed by atoms with Crippen LogP contribution in [0.15, 0.2) is 80.1 Å². The van der Waals surface area contributed by atoms with E-state index >= 15 is 0 Å². The van der Waals surface area contributed by atoms with Crippen molar-refractivity contribution in [3.05, 3.63) is 113 Å². The summed E-state index contributed by atoms with van der Waals surface area (Å²) in [4.78, 5) is 43.5. The second-order valence-electron chi connectivity index (χ2n) is 10.4. The van der Waals surface area contributed by atoms with Gasteiger partial charge in [-0.1, -0.05) is 49.4 Å². The van der Waals surface area contributed by atoms with E-state index in [4.69, 9.17) is 18.6 Å². The Kier molecular flexibility index (Phi) is 8.93. The summed E-state index contributed by atoms with van der Waals surface area (Å²) in [6.45, 7) is 6.20. The molecule has 3 heterocycles. The Morgan fingerprint density at radius 1 is 1.14 bits per heavy atom. The lowest BCUT2D eigenvalue weighted by molar-refractivity contribution is -0.384. The van der Waals surface area contributed by atoms with Crippen LogP contribution in [-0.4, -0.2) is 42.9 Å². The van der Waals surface area contributed by atoms with E-state index in [0.717, 1.165) is 22.5 Å². The number of hydrogen-bond donors (Lipinski definition) is 0. The summed E-state index contributed by atoms with van der Waals surface area (Å²) in [5, 5.41) is 11.7. The van der Waals surface area contributed by atoms with E-state index in [1.54, 1.807) is 37.3 Å². The van der Waals surface area contributed by atoms with Crippen molar-refractivity contribution in [2.24, 2.45) is 4.99 Å². The van der Waals surface area contributed by atoms with Crippen molar-refractivity contribution in [1.82, 2.24) is 4.57 Å². The zero-order chi connectivity index (χ0) is 31.5. The second-order valence-corrected chi connectivity index (χ2v) is 11.4. The molecular weight excluding hydrogens is 586 g/mol. The van der Waals surface area contributed by atoms with Crippen molar-refractivity contribution < 1.29 is 28.3 Å². The number of carbonyl (C=O) groups excluding carboxylic acids is 1. The molecule has 0 saturated heterocycles. The van der Waals surface area contributed by atoms with Crippen molar-refractivity contribution >= 4 is 29.1 Å². The summed E-state index contributed by atoms with van der Waals surface area (Å²) in [7, 11) is 2.95. The molecule has 2 aromatic carbocycles. The van der Waals surface area contributed by atoms with Crippen molar-refractivity contribution in [2.45, 2.75) is 32.7 Å². The van der Waals surface area contributed by atoms with Crippen LogP contribution in [0.3, 0.4) is 0 Å². The highest BCUT2D eigenvalue weighted by Crippen LogP contribution is 2.35. The van der Waals surface area contributed by atoms with Crippen LogP contribution in [0.2, 0.25) is 0 Å². The Morgan fingerprint density at radius 3 is 2.55 bits per heavy atom. The van der Waals surface area contributed by atoms with Gasteiger partial charge in [-0.15, -0.1) is 0 Å². The van der Waals surface area contributed by atoms with Gasteiger partial charge in [-0.05, 0) is 48.2 Å². The van der Waals surface area contributed by atoms with Crippen LogP contribution < -0.4 is 19.6 Å². The minimum atomic E-state index is -0.765. The molecule has 0 aliphatic carbocycles. The SMILES string of the molecule is COCCOC(=O)C1=C(C)N=c2sc(=Cc3ccc(-c4ccc(OC)cc4[N+](=O)[O-])o3)c(=O)n2C1c1ccc(C(C)C)cc1. The van der Waals surface area contributed by atoms with Gasteiger partial charge in [0.25, 0.3) is 11.2 Å². The van der Waals surface area contributed by atoms with E-state index in [2.05, 4.69) is 18.8 Å². The van der Waals surface area contributed by atoms with Gasteiger partial charge >= 0.3 is 5.97 Å². The Labute approximate surface area is 256 Å². The molecular formula is C32H31N3O8S. The van der Waals surface area contributed by atoms with Gasteiger partial charge < -0.3 is 18.6 Å². The molecule has 0 fully saturated rings. The highest BCUT2D eigenvalue weighted by Gasteiger charge is 2.33. The standard InChI is InChI=1S/C32H31N3O8S/c1-18(2)20-6-8-21(9-7-20)29-28(31(37)42-15-14-40-4)19(3)33-32-34(29)30(36)27(44-32)17-23-11-13-26(43-23)24-12-10-22(41-5)16-25(24)35(38)39/h6-13,16-18,29H,14-15H2,1-5H3. The highest BCUT2D eigenvalue weighted by molar-refractivity contribution is 7.07. The average molecular weight is 618 g/mol. The maximum absolute atomic E-state index is 13.9. The lowest BCUT2D eigenvalue weighted by atomic mass is 9.93. The monoisotopic (exact) mass is 617 g/mol. The first-order valence-corrected chi connectivity index (χ1v) is 14.7. The van der Waals surface area contributed by atoms with Crippen molar-refractivity contribution in [2.75, 3.05) is 27.4 Å². The molecule has 1 unspecified atom stereocenters. The predicted molar refractivity (Wildman–Crippen MR) is 164 cm³/mol. The molecule has 2 aromatic heterocycles. The van der Waals surface area contributed by atoms with Crippen LogP contribution in [0.4, 0.5) is 5.69 Å². The number of nitro benzene ring substituents is 1. The van der Waals surface area contributed by atoms with Gasteiger partial charge in [0.05, 0.1) is 52.1 Å². The van der Waals surface area contributed by atoms with E-state index < -0.39 is 16.9 Å². The van der Waals surface area contributed by atoms with Crippen LogP contribution in [0.1, 0.15) is 49.6 Å². The zero-order valence-corrected chi connectivity index (χ0v) is 25.7. The topological polar surface area (TPSA) is 135 Å². The fourth-order valence-electron chi connectivity index (χ4n) is 4.96. The number of benzene rings is 2. The molecule has 4 aromatic rings. The number of nitrogens with zero attached hydrogens (tertiary/aromatic N) is 3. The smallest absolute Gasteiger partial charge is 0.338 e. The number of esters is 1. The number of thiazole rings is 1. The minimum absolute atomic E-state index is 0.0583. The number of ether oxygens (including phenoxy) is 3. The van der Waals surface area contributed by atoms with Gasteiger partial charge in [0.15, 0.2) is 4.80 Å². The fraction of sp³-hybridized carbons (Fsp3) is 0.281. The Bertz CT molecular complexity index is 1930. The molecule has 0 radical (unpaired) electrons. The number of carbonyl (C=O) groups is 1. The molecule has 44 heavy (non-hydrogen) atoms. The molecule has 1 aliphatic heterocycles. The lowest BCUT2D eigenvalue weighted by Gasteiger charge is -2.25. The van der Waals surface area contributed by atoms with Gasteiger partial charge in [-0.3, -0.25) is 19.5 Å². The molecule has 0 amide bonds. The third-order valence-electron chi connectivity index (χ3n) is 7.25. The third kappa shape index (κ3) is 5.99. The summed E-state index contributed by atoms with van der Waals surface area (Å²) in [6, 6.07) is 14.8. The van der Waals surface area contributed by atoms with Gasteiger partial charge in [-0.25, -0.2) is 9.79 Å². The lowest BCUT2D eigenvalue weighted by Crippen LogP contribution is -2.40. The molecule has 11 nitrogen and oxygen atoms in total. The Hall–Kier alpha value is -4.81. The summed E-state index contributed by atoms with van der Waals surface area (Å²) < 4.78 is 23.4. The van der Waals surface area contributed by atoms with Gasteiger partial charge in [0.1, 0.15) is 23.9 Å². The number of hydrogen-bond acceptors (Lipinski definition) is 10. The molecule has 0 saturated carbocycles. The average Bonchev–Trinajstić information content (AvgIpc) is 3.60. The molecule has 12 heteroatoms. The minimum Gasteiger partial charge on any atom is -0.497 e. The number of aromatic nitrogens is 1. The number of fused-ring (bicyclic) bond motifs is 1. The van der Waals surface area contributed by atoms with Crippen LogP contribution in [-0.2, 0) is 14.3 Å². The maximum Gasteiger partial charge on any atom is 0.338 e. The number of nitro groups is 1. The summed E-state index contributed by atoms with van der Waals surface area (Å²) in [5.74, 6) is 0.659. The largest absolute Gasteiger partial charge is 0.497 e. The van der Waals surface area contributed by atoms with Crippen molar-refractivity contribution in [3.8, 4) is 17.1 Å². The molecule has 0 N–H and O–H groups in total. The van der Waals surface area contributed by atoms with Crippen LogP contribution in [0.25, 0.3) is 17.4 Å². The summed E-state index contributed by atoms with van der Waals surface area (Å²) in [5.41, 5.74) is 2.31. The Morgan fingerprint density at radius 2 is 1.89 bits per heavy atom. The third-order valence-corrected chi connectivity index (χ3v) is 8.23. The first-order valence-electron chi connectivity index (χ1n) is 13.8. The molecule has 0 spiro atoms. The van der Waals surface area contributed by atoms with E-state index in [1.807, 2.05) is 24.3 Å². The quantitative estimate of drug-likeness (QED) is 0.108. The van der Waals surface area contributed by atoms with Gasteiger partial charge in [0, 0.05) is 13.2 Å². The maximum atomic E-state index is 13.9. The van der Waals surface area contributed by atoms with E-state index in [1.165, 1.54) is 24.9 Å². The highest BCUT2D eigenvalue weighted by atomic mass is 32.1. The van der Waals surface area contributed by atoms with E-state index in [0.29, 0.717) is 32.5 Å². The summed E-state index contributed by atoms with van der Waals surface area (Å²) in [6.07, 6.45) is 1.57. The van der Waals surface area contributed by atoms with E-state index in [-0.39, 0.29) is 41.4 Å². The Balaban J connectivity index is 1.60. The first kappa shape index (κ1) is 30.6. The van der Waals surface area contributed by atoms with Crippen molar-refractivity contribution in [3.63, 3.8) is 0 Å². The predicted octanol–water partition coefficient (Wildman–Crippen LogP) is 4.73. The molecule has 0 bridgehead atoms. The van der Waals surface area contributed by atoms with E-state index in [9.17, 15) is 19.7 Å². The number of furan rings is 1. The molecule has 1 aliphatic rings. The van der Waals surface area contributed by atoms with Crippen LogP contribution in [0, 0.1) is 10.1 Å². The van der Waals surface area contributed by atoms with Gasteiger partial charge in [-0.2, -0.15) is 0 Å². The molecule has 228 valence electrons. The first-order chi connectivity index (χ1) is 21.1. The normalized spacial score (nSPS) is 14.9. The molecule has 5 rings (SSSR count). The van der Waals surface area contributed by atoms with Gasteiger partial charge in [0.2, 0.25) is 0 Å². The van der Waals surface area contributed by atoms with Crippen LogP contribution >= 0.6 is 11.3 Å². The number of methoxy groups -OCH3 is 2.